The van der Waals surface area contributed by atoms with Crippen LogP contribution in [-0.4, -0.2) is 12.2 Å². The number of rotatable bonds is 5. The number of unbranched alkanes of at least 4 members (excludes halogenated alkanes) is 3. The maximum atomic E-state index is 5.54. The Hall–Kier alpha value is -0.0400. The lowest BCUT2D eigenvalue weighted by Gasteiger charge is -2.18. The summed E-state index contributed by atoms with van der Waals surface area (Å²) >= 11 is 0. The lowest BCUT2D eigenvalue weighted by Crippen LogP contribution is -2.13. The summed E-state index contributed by atoms with van der Waals surface area (Å²) < 4.78 is 5.54. The third-order valence-corrected chi connectivity index (χ3v) is 3.58. The van der Waals surface area contributed by atoms with E-state index in [0.29, 0.717) is 12.2 Å². The second-order valence-corrected chi connectivity index (χ2v) is 4.74. The van der Waals surface area contributed by atoms with Gasteiger partial charge < -0.3 is 4.74 Å². The van der Waals surface area contributed by atoms with Gasteiger partial charge in [-0.2, -0.15) is 0 Å². The van der Waals surface area contributed by atoms with Crippen LogP contribution in [0.1, 0.15) is 58.3 Å². The molecule has 0 radical (unpaired) electrons. The van der Waals surface area contributed by atoms with Crippen LogP contribution in [0.15, 0.2) is 0 Å². The molecule has 1 saturated heterocycles. The smallest absolute Gasteiger partial charge is 0.0844 e. The quantitative estimate of drug-likeness (QED) is 0.468. The predicted octanol–water partition coefficient (Wildman–Crippen LogP) is 3.52. The van der Waals surface area contributed by atoms with Crippen LogP contribution >= 0.6 is 0 Å². The van der Waals surface area contributed by atoms with E-state index in [4.69, 9.17) is 4.74 Å². The first kappa shape index (κ1) is 9.51. The Morgan fingerprint density at radius 3 is 2.77 bits per heavy atom. The molecule has 0 N–H and O–H groups in total. The maximum absolute atomic E-state index is 5.54. The molecule has 2 unspecified atom stereocenters. The lowest BCUT2D eigenvalue weighted by molar-refractivity contribution is 0.343. The van der Waals surface area contributed by atoms with Crippen LogP contribution in [0.25, 0.3) is 0 Å². The monoisotopic (exact) mass is 182 g/mol. The highest BCUT2D eigenvalue weighted by molar-refractivity contribution is 4.91. The molecule has 2 rings (SSSR count). The molecule has 2 aliphatic rings. The van der Waals surface area contributed by atoms with Gasteiger partial charge in [-0.25, -0.2) is 0 Å². The third-order valence-electron chi connectivity index (χ3n) is 3.58. The van der Waals surface area contributed by atoms with Crippen molar-refractivity contribution in [1.29, 1.82) is 0 Å². The highest BCUT2D eigenvalue weighted by Crippen LogP contribution is 2.41. The second-order valence-electron chi connectivity index (χ2n) is 4.74. The van der Waals surface area contributed by atoms with Crippen molar-refractivity contribution in [3.05, 3.63) is 0 Å². The molecule has 13 heavy (non-hydrogen) atoms. The van der Waals surface area contributed by atoms with Crippen LogP contribution in [0.2, 0.25) is 0 Å². The van der Waals surface area contributed by atoms with Crippen LogP contribution in [0, 0.1) is 5.92 Å². The molecule has 0 aromatic rings. The molecule has 0 aromatic carbocycles. The van der Waals surface area contributed by atoms with E-state index in [9.17, 15) is 0 Å². The Labute approximate surface area is 81.9 Å². The number of ether oxygens (including phenoxy) is 1. The summed E-state index contributed by atoms with van der Waals surface area (Å²) in [6, 6.07) is 0. The zero-order chi connectivity index (χ0) is 9.10. The van der Waals surface area contributed by atoms with E-state index in [-0.39, 0.29) is 0 Å². The highest BCUT2D eigenvalue weighted by Gasteiger charge is 2.43. The zero-order valence-electron chi connectivity index (χ0n) is 8.80. The Balaban J connectivity index is 1.54. The first-order valence-corrected chi connectivity index (χ1v) is 6.05. The Morgan fingerprint density at radius 1 is 1.08 bits per heavy atom. The number of fused-ring (bicyclic) bond motifs is 1. The van der Waals surface area contributed by atoms with E-state index in [1.165, 1.54) is 51.4 Å². The van der Waals surface area contributed by atoms with Gasteiger partial charge in [-0.1, -0.05) is 39.0 Å². The van der Waals surface area contributed by atoms with E-state index in [1.807, 2.05) is 0 Å². The van der Waals surface area contributed by atoms with E-state index in [2.05, 4.69) is 6.92 Å². The van der Waals surface area contributed by atoms with Crippen LogP contribution in [0.3, 0.4) is 0 Å². The van der Waals surface area contributed by atoms with Gasteiger partial charge >= 0.3 is 0 Å². The van der Waals surface area contributed by atoms with Crippen molar-refractivity contribution in [3.8, 4) is 0 Å². The van der Waals surface area contributed by atoms with Crippen molar-refractivity contribution < 1.29 is 4.74 Å². The van der Waals surface area contributed by atoms with Crippen molar-refractivity contribution in [3.63, 3.8) is 0 Å². The minimum absolute atomic E-state index is 0.685. The van der Waals surface area contributed by atoms with Crippen LogP contribution in [0.4, 0.5) is 0 Å². The molecule has 1 saturated carbocycles. The van der Waals surface area contributed by atoms with E-state index < -0.39 is 0 Å². The van der Waals surface area contributed by atoms with Gasteiger partial charge in [0.25, 0.3) is 0 Å². The molecule has 3 atom stereocenters. The van der Waals surface area contributed by atoms with E-state index in [0.717, 1.165) is 5.92 Å². The van der Waals surface area contributed by atoms with Crippen molar-refractivity contribution in [2.75, 3.05) is 0 Å². The van der Waals surface area contributed by atoms with E-state index in [1.54, 1.807) is 0 Å². The standard InChI is InChI=1S/C12H22O/c1-2-3-4-5-6-10-7-8-11-12(9-10)13-11/h10-12H,2-9H2,1H3/t10-,11?,12?/m1/s1. The molecular weight excluding hydrogens is 160 g/mol. The topological polar surface area (TPSA) is 12.5 Å². The molecule has 1 aliphatic carbocycles. The Bertz CT molecular complexity index is 155. The van der Waals surface area contributed by atoms with Gasteiger partial charge in [-0.3, -0.25) is 0 Å². The fraction of sp³-hybridized carbons (Fsp3) is 1.00. The summed E-state index contributed by atoms with van der Waals surface area (Å²) in [6.45, 7) is 2.28. The fourth-order valence-corrected chi connectivity index (χ4v) is 2.61. The van der Waals surface area contributed by atoms with Crippen molar-refractivity contribution in [1.82, 2.24) is 0 Å². The molecule has 76 valence electrons. The van der Waals surface area contributed by atoms with Crippen LogP contribution in [0.5, 0.6) is 0 Å². The molecule has 0 spiro atoms. The summed E-state index contributed by atoms with van der Waals surface area (Å²) in [5, 5.41) is 0. The molecule has 0 amide bonds. The van der Waals surface area contributed by atoms with Gasteiger partial charge in [0.05, 0.1) is 12.2 Å². The molecule has 2 fully saturated rings. The zero-order valence-corrected chi connectivity index (χ0v) is 8.80. The summed E-state index contributed by atoms with van der Waals surface area (Å²) in [5.74, 6) is 1.00. The third kappa shape index (κ3) is 2.70. The first-order chi connectivity index (χ1) is 6.40. The summed E-state index contributed by atoms with van der Waals surface area (Å²) in [4.78, 5) is 0. The number of hydrogen-bond acceptors (Lipinski definition) is 1. The van der Waals surface area contributed by atoms with Gasteiger partial charge in [0.1, 0.15) is 0 Å². The maximum Gasteiger partial charge on any atom is 0.0844 e. The Kier molecular flexibility index (Phi) is 3.26. The van der Waals surface area contributed by atoms with Gasteiger partial charge in [0.2, 0.25) is 0 Å². The number of hydrogen-bond donors (Lipinski definition) is 0. The Morgan fingerprint density at radius 2 is 2.00 bits per heavy atom. The van der Waals surface area contributed by atoms with Gasteiger partial charge in [0.15, 0.2) is 0 Å². The van der Waals surface area contributed by atoms with Crippen molar-refractivity contribution in [2.45, 2.75) is 70.5 Å². The molecule has 1 heterocycles. The minimum Gasteiger partial charge on any atom is -0.370 e. The van der Waals surface area contributed by atoms with Crippen LogP contribution in [-0.2, 0) is 4.74 Å². The van der Waals surface area contributed by atoms with Crippen molar-refractivity contribution in [2.24, 2.45) is 5.92 Å². The molecular formula is C12H22O. The molecule has 0 aromatic heterocycles. The lowest BCUT2D eigenvalue weighted by atomic mass is 9.85. The average Bonchev–Trinajstić information content (AvgIpc) is 2.90. The predicted molar refractivity (Wildman–Crippen MR) is 54.8 cm³/mol. The molecule has 1 aliphatic heterocycles. The van der Waals surface area contributed by atoms with Gasteiger partial charge in [-0.05, 0) is 25.2 Å². The summed E-state index contributed by atoms with van der Waals surface area (Å²) in [6.07, 6.45) is 12.7. The largest absolute Gasteiger partial charge is 0.370 e. The molecule has 0 bridgehead atoms. The normalized spacial score (nSPS) is 37.2. The summed E-state index contributed by atoms with van der Waals surface area (Å²) in [7, 11) is 0. The number of epoxide rings is 1. The first-order valence-electron chi connectivity index (χ1n) is 6.05. The van der Waals surface area contributed by atoms with E-state index >= 15 is 0 Å². The van der Waals surface area contributed by atoms with Crippen LogP contribution < -0.4 is 0 Å². The average molecular weight is 182 g/mol. The minimum atomic E-state index is 0.685. The second kappa shape index (κ2) is 4.45. The highest BCUT2D eigenvalue weighted by atomic mass is 16.6. The molecule has 1 heteroatoms. The van der Waals surface area contributed by atoms with Gasteiger partial charge in [-0.15, -0.1) is 0 Å². The van der Waals surface area contributed by atoms with Crippen molar-refractivity contribution >= 4 is 0 Å². The molecule has 1 nitrogen and oxygen atoms in total. The summed E-state index contributed by atoms with van der Waals surface area (Å²) in [5.41, 5.74) is 0. The fourth-order valence-electron chi connectivity index (χ4n) is 2.61. The SMILES string of the molecule is CCCCCC[C@@H]1CCC2OC2C1. The van der Waals surface area contributed by atoms with Gasteiger partial charge in [0, 0.05) is 0 Å².